The van der Waals surface area contributed by atoms with E-state index in [9.17, 15) is 9.59 Å². The second kappa shape index (κ2) is 8.87. The number of hydrogen-bond acceptors (Lipinski definition) is 4. The van der Waals surface area contributed by atoms with Crippen molar-refractivity contribution in [2.75, 3.05) is 6.61 Å². The third kappa shape index (κ3) is 4.69. The molecule has 0 spiro atoms. The molecule has 0 aromatic heterocycles. The van der Waals surface area contributed by atoms with E-state index in [0.717, 1.165) is 12.0 Å². The van der Waals surface area contributed by atoms with Gasteiger partial charge in [-0.3, -0.25) is 0 Å². The van der Waals surface area contributed by atoms with E-state index in [1.54, 1.807) is 36.4 Å². The van der Waals surface area contributed by atoms with Crippen molar-refractivity contribution >= 4 is 11.9 Å². The number of carbonyl (C=O) groups is 2. The van der Waals surface area contributed by atoms with Crippen molar-refractivity contribution in [2.45, 2.75) is 32.8 Å². The normalized spacial score (nSPS) is 11.6. The molecule has 0 fully saturated rings. The highest BCUT2D eigenvalue weighted by atomic mass is 16.6. The molecule has 1 atom stereocenters. The molecule has 0 aliphatic carbocycles. The molecule has 4 nitrogen and oxygen atoms in total. The van der Waals surface area contributed by atoms with Gasteiger partial charge in [-0.15, -0.1) is 0 Å². The first kappa shape index (κ1) is 17.7. The predicted octanol–water partition coefficient (Wildman–Crippen LogP) is 4.10. The van der Waals surface area contributed by atoms with E-state index in [2.05, 4.69) is 0 Å². The number of benzene rings is 2. The minimum atomic E-state index is -1.06. The van der Waals surface area contributed by atoms with Crippen LogP contribution in [0.15, 0.2) is 54.6 Å². The Kier molecular flexibility index (Phi) is 6.55. The number of esters is 2. The van der Waals surface area contributed by atoms with E-state index >= 15 is 0 Å². The third-order valence-corrected chi connectivity index (χ3v) is 3.59. The van der Waals surface area contributed by atoms with Crippen molar-refractivity contribution in [3.05, 3.63) is 71.3 Å². The topological polar surface area (TPSA) is 52.6 Å². The highest BCUT2D eigenvalue weighted by Crippen LogP contribution is 2.21. The fourth-order valence-electron chi connectivity index (χ4n) is 2.21. The molecule has 0 amide bonds. The first-order valence-corrected chi connectivity index (χ1v) is 8.17. The minimum Gasteiger partial charge on any atom is -0.463 e. The maximum Gasteiger partial charge on any atom is 0.352 e. The molecule has 2 aromatic carbocycles. The second-order valence-electron chi connectivity index (χ2n) is 5.41. The van der Waals surface area contributed by atoms with Crippen LogP contribution >= 0.6 is 0 Å². The van der Waals surface area contributed by atoms with Crippen molar-refractivity contribution < 1.29 is 19.1 Å². The Labute approximate surface area is 142 Å². The van der Waals surface area contributed by atoms with E-state index in [1.807, 2.05) is 32.0 Å². The monoisotopic (exact) mass is 326 g/mol. The van der Waals surface area contributed by atoms with Gasteiger partial charge < -0.3 is 9.47 Å². The van der Waals surface area contributed by atoms with Crippen LogP contribution in [-0.4, -0.2) is 18.5 Å². The molecular weight excluding hydrogens is 304 g/mol. The summed E-state index contributed by atoms with van der Waals surface area (Å²) in [6.45, 7) is 4.25. The zero-order valence-electron chi connectivity index (χ0n) is 14.0. The van der Waals surface area contributed by atoms with Crippen molar-refractivity contribution in [3.8, 4) is 0 Å². The molecular formula is C20H22O4. The summed E-state index contributed by atoms with van der Waals surface area (Å²) in [6, 6.07) is 16.1. The number of carbonyl (C=O) groups excluding carboxylic acids is 2. The van der Waals surface area contributed by atoms with Gasteiger partial charge >= 0.3 is 11.9 Å². The molecule has 126 valence electrons. The summed E-state index contributed by atoms with van der Waals surface area (Å²) in [4.78, 5) is 24.6. The summed E-state index contributed by atoms with van der Waals surface area (Å²) >= 11 is 0. The van der Waals surface area contributed by atoms with Crippen LogP contribution in [0.5, 0.6) is 0 Å². The van der Waals surface area contributed by atoms with Gasteiger partial charge in [0.1, 0.15) is 0 Å². The molecule has 2 rings (SSSR count). The fraction of sp³-hybridized carbons (Fsp3) is 0.300. The van der Waals surface area contributed by atoms with Gasteiger partial charge in [-0.05, 0) is 30.5 Å². The Morgan fingerprint density at radius 3 is 2.21 bits per heavy atom. The van der Waals surface area contributed by atoms with Gasteiger partial charge in [0.05, 0.1) is 12.2 Å². The van der Waals surface area contributed by atoms with Gasteiger partial charge in [-0.25, -0.2) is 9.59 Å². The molecule has 0 bridgehead atoms. The van der Waals surface area contributed by atoms with E-state index < -0.39 is 18.0 Å². The molecule has 4 heteroatoms. The summed E-state index contributed by atoms with van der Waals surface area (Å²) in [5.74, 6) is -1.10. The smallest absolute Gasteiger partial charge is 0.352 e. The standard InChI is InChI=1S/C20H22O4/c1-3-14-23-20(22)18(16-8-6-5-7-9-16)24-19(21)17-12-10-15(4-2)11-13-17/h5-13,18H,3-4,14H2,1-2H3. The number of rotatable bonds is 7. The zero-order chi connectivity index (χ0) is 17.4. The third-order valence-electron chi connectivity index (χ3n) is 3.59. The first-order valence-electron chi connectivity index (χ1n) is 8.17. The maximum absolute atomic E-state index is 12.4. The van der Waals surface area contributed by atoms with E-state index in [0.29, 0.717) is 24.2 Å². The molecule has 2 aromatic rings. The van der Waals surface area contributed by atoms with Crippen LogP contribution in [0.1, 0.15) is 47.9 Å². The average Bonchev–Trinajstić information content (AvgIpc) is 2.64. The molecule has 24 heavy (non-hydrogen) atoms. The minimum absolute atomic E-state index is 0.297. The van der Waals surface area contributed by atoms with Crippen molar-refractivity contribution in [1.82, 2.24) is 0 Å². The number of ether oxygens (including phenoxy) is 2. The van der Waals surface area contributed by atoms with Gasteiger partial charge in [0.25, 0.3) is 0 Å². The summed E-state index contributed by atoms with van der Waals surface area (Å²) in [5.41, 5.74) is 2.14. The molecule has 0 saturated heterocycles. The summed E-state index contributed by atoms with van der Waals surface area (Å²) in [5, 5.41) is 0. The van der Waals surface area contributed by atoms with Crippen LogP contribution < -0.4 is 0 Å². The van der Waals surface area contributed by atoms with Gasteiger partial charge in [-0.1, -0.05) is 56.3 Å². The lowest BCUT2D eigenvalue weighted by Gasteiger charge is -2.17. The zero-order valence-corrected chi connectivity index (χ0v) is 14.0. The molecule has 0 N–H and O–H groups in total. The summed E-state index contributed by atoms with van der Waals surface area (Å²) in [6.07, 6.45) is 0.543. The average molecular weight is 326 g/mol. The molecule has 0 aliphatic heterocycles. The van der Waals surface area contributed by atoms with Crippen molar-refractivity contribution in [3.63, 3.8) is 0 Å². The van der Waals surface area contributed by atoms with Crippen LogP contribution in [0.25, 0.3) is 0 Å². The lowest BCUT2D eigenvalue weighted by atomic mass is 10.1. The number of aryl methyl sites for hydroxylation is 1. The van der Waals surface area contributed by atoms with E-state index in [-0.39, 0.29) is 0 Å². The molecule has 0 saturated carbocycles. The van der Waals surface area contributed by atoms with Crippen molar-refractivity contribution in [2.24, 2.45) is 0 Å². The van der Waals surface area contributed by atoms with Crippen molar-refractivity contribution in [1.29, 1.82) is 0 Å². The first-order chi connectivity index (χ1) is 11.7. The van der Waals surface area contributed by atoms with Crippen LogP contribution in [-0.2, 0) is 20.7 Å². The molecule has 1 unspecified atom stereocenters. The van der Waals surface area contributed by atoms with Gasteiger partial charge in [0.15, 0.2) is 0 Å². The van der Waals surface area contributed by atoms with E-state index in [1.165, 1.54) is 0 Å². The highest BCUT2D eigenvalue weighted by Gasteiger charge is 2.27. The number of hydrogen-bond donors (Lipinski definition) is 0. The van der Waals surface area contributed by atoms with Crippen LogP contribution in [0.4, 0.5) is 0 Å². The van der Waals surface area contributed by atoms with Crippen LogP contribution in [0.3, 0.4) is 0 Å². The van der Waals surface area contributed by atoms with Crippen LogP contribution in [0, 0.1) is 0 Å². The summed E-state index contributed by atoms with van der Waals surface area (Å²) in [7, 11) is 0. The SMILES string of the molecule is CCCOC(=O)C(OC(=O)c1ccc(CC)cc1)c1ccccc1. The largest absolute Gasteiger partial charge is 0.463 e. The molecule has 0 aliphatic rings. The quantitative estimate of drug-likeness (QED) is 0.719. The second-order valence-corrected chi connectivity index (χ2v) is 5.41. The van der Waals surface area contributed by atoms with Gasteiger partial charge in [0, 0.05) is 5.56 Å². The summed E-state index contributed by atoms with van der Waals surface area (Å²) < 4.78 is 10.6. The maximum atomic E-state index is 12.4. The van der Waals surface area contributed by atoms with Gasteiger partial charge in [0.2, 0.25) is 6.10 Å². The fourth-order valence-corrected chi connectivity index (χ4v) is 2.21. The Bertz CT molecular complexity index is 662. The molecule has 0 radical (unpaired) electrons. The highest BCUT2D eigenvalue weighted by molar-refractivity contribution is 5.91. The Morgan fingerprint density at radius 1 is 0.958 bits per heavy atom. The Morgan fingerprint density at radius 2 is 1.62 bits per heavy atom. The lowest BCUT2D eigenvalue weighted by molar-refractivity contribution is -0.154. The van der Waals surface area contributed by atoms with E-state index in [4.69, 9.17) is 9.47 Å². The van der Waals surface area contributed by atoms with Crippen LogP contribution in [0.2, 0.25) is 0 Å². The van der Waals surface area contributed by atoms with Gasteiger partial charge in [-0.2, -0.15) is 0 Å². The Balaban J connectivity index is 2.17. The predicted molar refractivity (Wildman–Crippen MR) is 91.7 cm³/mol. The lowest BCUT2D eigenvalue weighted by Crippen LogP contribution is -2.22. The Hall–Kier alpha value is -2.62. The molecule has 0 heterocycles.